The zero-order chi connectivity index (χ0) is 18.4. The van der Waals surface area contributed by atoms with Crippen molar-refractivity contribution in [2.75, 3.05) is 17.3 Å². The number of nitriles is 1. The Balaban J connectivity index is 2.05. The summed E-state index contributed by atoms with van der Waals surface area (Å²) >= 11 is 3.14. The molecule has 2 aromatic heterocycles. The van der Waals surface area contributed by atoms with Gasteiger partial charge in [-0.3, -0.25) is 4.21 Å². The van der Waals surface area contributed by atoms with E-state index in [0.717, 1.165) is 21.7 Å². The van der Waals surface area contributed by atoms with Crippen molar-refractivity contribution in [1.82, 2.24) is 4.98 Å². The average Bonchev–Trinajstić information content (AvgIpc) is 3.22. The zero-order valence-corrected chi connectivity index (χ0v) is 16.8. The maximum absolute atomic E-state index is 11.7. The molecule has 0 saturated heterocycles. The van der Waals surface area contributed by atoms with Crippen LogP contribution in [0.25, 0.3) is 21.7 Å². The van der Waals surface area contributed by atoms with Crippen molar-refractivity contribution in [2.24, 2.45) is 0 Å². The Hall–Kier alpha value is -1.94. The molecule has 3 nitrogen and oxygen atoms in total. The topological polar surface area (TPSA) is 53.8 Å². The first-order valence-corrected chi connectivity index (χ1v) is 11.6. The van der Waals surface area contributed by atoms with Crippen LogP contribution in [0.3, 0.4) is 0 Å². The number of benzene rings is 1. The van der Waals surface area contributed by atoms with Crippen LogP contribution in [0.2, 0.25) is 0 Å². The van der Waals surface area contributed by atoms with Crippen LogP contribution < -0.4 is 0 Å². The zero-order valence-electron chi connectivity index (χ0n) is 14.3. The molecule has 2 heterocycles. The molecule has 132 valence electrons. The third kappa shape index (κ3) is 4.42. The van der Waals surface area contributed by atoms with Gasteiger partial charge in [-0.05, 0) is 23.1 Å². The van der Waals surface area contributed by atoms with Gasteiger partial charge in [0.1, 0.15) is 11.1 Å². The minimum Gasteiger partial charge on any atom is -0.260 e. The highest BCUT2D eigenvalue weighted by Crippen LogP contribution is 2.35. The molecule has 0 aliphatic carbocycles. The van der Waals surface area contributed by atoms with Crippen LogP contribution in [0, 0.1) is 11.3 Å². The van der Waals surface area contributed by atoms with Crippen molar-refractivity contribution >= 4 is 33.9 Å². The Kier molecular flexibility index (Phi) is 6.62. The van der Waals surface area contributed by atoms with Gasteiger partial charge in [0.15, 0.2) is 0 Å². The lowest BCUT2D eigenvalue weighted by molar-refractivity contribution is 0.685. The van der Waals surface area contributed by atoms with Gasteiger partial charge in [0, 0.05) is 33.6 Å². The summed E-state index contributed by atoms with van der Waals surface area (Å²) in [7, 11) is -0.815. The van der Waals surface area contributed by atoms with E-state index in [4.69, 9.17) is 4.98 Å². The monoisotopic (exact) mass is 398 g/mol. The van der Waals surface area contributed by atoms with Gasteiger partial charge >= 0.3 is 0 Å². The van der Waals surface area contributed by atoms with E-state index in [9.17, 15) is 9.47 Å². The fraction of sp³-hybridized carbons (Fsp3) is 0.200. The number of thioether (sulfide) groups is 1. The van der Waals surface area contributed by atoms with Crippen LogP contribution in [-0.4, -0.2) is 26.5 Å². The molecule has 0 bridgehead atoms. The van der Waals surface area contributed by atoms with Crippen LogP contribution in [0.5, 0.6) is 0 Å². The number of pyridine rings is 1. The molecular weight excluding hydrogens is 380 g/mol. The van der Waals surface area contributed by atoms with Gasteiger partial charge in [-0.2, -0.15) is 5.26 Å². The molecule has 0 saturated carbocycles. The summed E-state index contributed by atoms with van der Waals surface area (Å²) in [6.07, 6.45) is 0. The Labute approximate surface area is 164 Å². The Morgan fingerprint density at radius 2 is 2.04 bits per heavy atom. The van der Waals surface area contributed by atoms with Gasteiger partial charge in [-0.25, -0.2) is 4.98 Å². The van der Waals surface area contributed by atoms with E-state index < -0.39 is 10.8 Å². The van der Waals surface area contributed by atoms with Gasteiger partial charge in [0.25, 0.3) is 0 Å². The molecule has 0 radical (unpaired) electrons. The molecule has 0 amide bonds. The van der Waals surface area contributed by atoms with Crippen molar-refractivity contribution < 1.29 is 4.21 Å². The standard InChI is InChI=1S/C20H18N2OS3/c1-2-26(23)12-11-25-20-17(14-21)16(15-7-4-3-5-8-15)13-18(22-20)19-9-6-10-24-19/h3-10,13H,2,11-12H2,1H3. The van der Waals surface area contributed by atoms with Crippen LogP contribution in [0.4, 0.5) is 0 Å². The van der Waals surface area contributed by atoms with Gasteiger partial charge in [0.2, 0.25) is 0 Å². The van der Waals surface area contributed by atoms with Crippen molar-refractivity contribution in [2.45, 2.75) is 11.9 Å². The summed E-state index contributed by atoms with van der Waals surface area (Å²) in [5.41, 5.74) is 3.36. The lowest BCUT2D eigenvalue weighted by Crippen LogP contribution is -2.03. The van der Waals surface area contributed by atoms with E-state index in [1.54, 1.807) is 11.3 Å². The molecule has 3 aromatic rings. The molecule has 0 N–H and O–H groups in total. The van der Waals surface area contributed by atoms with Gasteiger partial charge < -0.3 is 0 Å². The minimum atomic E-state index is -0.815. The number of thiophene rings is 1. The lowest BCUT2D eigenvalue weighted by Gasteiger charge is -2.11. The molecule has 26 heavy (non-hydrogen) atoms. The second-order valence-corrected chi connectivity index (χ2v) is 9.37. The van der Waals surface area contributed by atoms with Crippen molar-refractivity contribution in [1.29, 1.82) is 5.26 Å². The number of hydrogen-bond donors (Lipinski definition) is 0. The van der Waals surface area contributed by atoms with Crippen molar-refractivity contribution in [3.05, 3.63) is 59.5 Å². The van der Waals surface area contributed by atoms with E-state index in [1.807, 2.05) is 60.8 Å². The van der Waals surface area contributed by atoms with Gasteiger partial charge in [0.05, 0.1) is 16.1 Å². The van der Waals surface area contributed by atoms with Crippen LogP contribution in [0.15, 0.2) is 58.9 Å². The second-order valence-electron chi connectivity index (χ2n) is 5.47. The van der Waals surface area contributed by atoms with E-state index in [-0.39, 0.29) is 0 Å². The molecule has 0 fully saturated rings. The Bertz CT molecular complexity index is 932. The third-order valence-corrected chi connectivity index (χ3v) is 7.26. The SMILES string of the molecule is CCS(=O)CCSc1nc(-c2cccs2)cc(-c2ccccc2)c1C#N. The Morgan fingerprint density at radius 1 is 1.23 bits per heavy atom. The van der Waals surface area contributed by atoms with E-state index in [0.29, 0.717) is 27.8 Å². The highest BCUT2D eigenvalue weighted by molar-refractivity contribution is 8.00. The highest BCUT2D eigenvalue weighted by atomic mass is 32.2. The average molecular weight is 399 g/mol. The van der Waals surface area contributed by atoms with E-state index >= 15 is 0 Å². The van der Waals surface area contributed by atoms with Crippen LogP contribution in [0.1, 0.15) is 12.5 Å². The summed E-state index contributed by atoms with van der Waals surface area (Å²) < 4.78 is 11.7. The molecule has 1 unspecified atom stereocenters. The summed E-state index contributed by atoms with van der Waals surface area (Å²) in [6.45, 7) is 1.92. The fourth-order valence-corrected chi connectivity index (χ4v) is 5.21. The largest absolute Gasteiger partial charge is 0.260 e. The van der Waals surface area contributed by atoms with E-state index in [2.05, 4.69) is 6.07 Å². The van der Waals surface area contributed by atoms with Crippen molar-refractivity contribution in [3.63, 3.8) is 0 Å². The molecular formula is C20H18N2OS3. The quantitative estimate of drug-likeness (QED) is 0.513. The lowest BCUT2D eigenvalue weighted by atomic mass is 10.0. The first-order valence-electron chi connectivity index (χ1n) is 8.25. The van der Waals surface area contributed by atoms with Crippen LogP contribution >= 0.6 is 23.1 Å². The molecule has 1 aromatic carbocycles. The van der Waals surface area contributed by atoms with E-state index in [1.165, 1.54) is 11.8 Å². The fourth-order valence-electron chi connectivity index (χ4n) is 2.51. The maximum Gasteiger partial charge on any atom is 0.115 e. The maximum atomic E-state index is 11.7. The molecule has 1 atom stereocenters. The minimum absolute atomic E-state index is 0.587. The first kappa shape index (κ1) is 18.8. The number of aromatic nitrogens is 1. The number of rotatable bonds is 7. The summed E-state index contributed by atoms with van der Waals surface area (Å²) in [6, 6.07) is 18.3. The third-order valence-electron chi connectivity index (χ3n) is 3.83. The summed E-state index contributed by atoms with van der Waals surface area (Å²) in [5, 5.41) is 12.5. The smallest absolute Gasteiger partial charge is 0.115 e. The molecule has 3 rings (SSSR count). The van der Waals surface area contributed by atoms with Gasteiger partial charge in [-0.15, -0.1) is 23.1 Å². The normalized spacial score (nSPS) is 11.8. The Morgan fingerprint density at radius 3 is 2.69 bits per heavy atom. The van der Waals surface area contributed by atoms with Gasteiger partial charge in [-0.1, -0.05) is 43.3 Å². The number of nitrogens with zero attached hydrogens (tertiary/aromatic N) is 2. The molecule has 0 aliphatic heterocycles. The second kappa shape index (κ2) is 9.13. The predicted octanol–water partition coefficient (Wildman–Crippen LogP) is 5.21. The summed E-state index contributed by atoms with van der Waals surface area (Å²) in [4.78, 5) is 5.82. The predicted molar refractivity (Wildman–Crippen MR) is 112 cm³/mol. The molecule has 6 heteroatoms. The highest BCUT2D eigenvalue weighted by Gasteiger charge is 2.16. The first-order chi connectivity index (χ1) is 12.7. The van der Waals surface area contributed by atoms with Crippen LogP contribution in [-0.2, 0) is 10.8 Å². The summed E-state index contributed by atoms with van der Waals surface area (Å²) in [5.74, 6) is 1.95. The van der Waals surface area contributed by atoms with Crippen molar-refractivity contribution in [3.8, 4) is 27.8 Å². The molecule has 0 aliphatic rings. The molecule has 0 spiro atoms. The number of hydrogen-bond acceptors (Lipinski definition) is 5.